The van der Waals surface area contributed by atoms with E-state index in [9.17, 15) is 8.42 Å². The number of benzene rings is 2. The van der Waals surface area contributed by atoms with Crippen molar-refractivity contribution in [3.63, 3.8) is 0 Å². The molecule has 0 saturated heterocycles. The second-order valence-electron chi connectivity index (χ2n) is 6.39. The van der Waals surface area contributed by atoms with E-state index in [-0.39, 0.29) is 0 Å². The number of rotatable bonds is 7. The molecule has 1 heterocycles. The largest absolute Gasteiger partial charge is 0.341 e. The molecule has 0 bridgehead atoms. The molecule has 0 aliphatic rings. The fraction of sp³-hybridized carbons (Fsp3) is 0.190. The summed E-state index contributed by atoms with van der Waals surface area (Å²) in [5, 5.41) is 1.20. The fourth-order valence-corrected chi connectivity index (χ4v) is 3.78. The number of nitrogens with zero attached hydrogens (tertiary/aromatic N) is 1. The second kappa shape index (κ2) is 8.33. The molecule has 1 atom stereocenters. The standard InChI is InChI=1S/C21H23N3O2S/c1-3-19(21-22-15-20(23-21)18-7-5-4-6-8-18)24-27(25,26)14-13-17-11-9-16(2)10-12-17/h4-15,19,24H,3H2,1-2H3,(H,22,23)/b14-13+. The summed E-state index contributed by atoms with van der Waals surface area (Å²) in [5.41, 5.74) is 3.83. The van der Waals surface area contributed by atoms with Crippen LogP contribution in [0.25, 0.3) is 17.3 Å². The summed E-state index contributed by atoms with van der Waals surface area (Å²) >= 11 is 0. The Kier molecular flexibility index (Phi) is 5.88. The Morgan fingerprint density at radius 2 is 1.81 bits per heavy atom. The van der Waals surface area contributed by atoms with Gasteiger partial charge in [0.25, 0.3) is 0 Å². The lowest BCUT2D eigenvalue weighted by Gasteiger charge is -2.13. The number of aromatic amines is 1. The van der Waals surface area contributed by atoms with Crippen molar-refractivity contribution in [1.82, 2.24) is 14.7 Å². The molecule has 2 aromatic carbocycles. The molecule has 3 rings (SSSR count). The van der Waals surface area contributed by atoms with Gasteiger partial charge in [0.2, 0.25) is 10.0 Å². The van der Waals surface area contributed by atoms with Crippen molar-refractivity contribution < 1.29 is 8.42 Å². The average Bonchev–Trinajstić information content (AvgIpc) is 3.16. The molecule has 3 aromatic rings. The van der Waals surface area contributed by atoms with E-state index in [1.807, 2.05) is 68.4 Å². The van der Waals surface area contributed by atoms with E-state index in [1.54, 1.807) is 12.3 Å². The van der Waals surface area contributed by atoms with Crippen LogP contribution in [0.15, 0.2) is 66.2 Å². The Labute approximate surface area is 160 Å². The first-order chi connectivity index (χ1) is 13.0. The Bertz CT molecular complexity index is 1010. The van der Waals surface area contributed by atoms with Crippen LogP contribution in [0, 0.1) is 6.92 Å². The number of imidazole rings is 1. The van der Waals surface area contributed by atoms with Crippen LogP contribution in [-0.4, -0.2) is 18.4 Å². The first kappa shape index (κ1) is 19.1. The highest BCUT2D eigenvalue weighted by molar-refractivity contribution is 7.92. The first-order valence-corrected chi connectivity index (χ1v) is 10.4. The average molecular weight is 382 g/mol. The monoisotopic (exact) mass is 381 g/mol. The highest BCUT2D eigenvalue weighted by Gasteiger charge is 2.19. The lowest BCUT2D eigenvalue weighted by molar-refractivity contribution is 0.547. The van der Waals surface area contributed by atoms with E-state index in [1.165, 1.54) is 5.41 Å². The van der Waals surface area contributed by atoms with Crippen molar-refractivity contribution in [3.05, 3.63) is 83.2 Å². The maximum absolute atomic E-state index is 12.5. The summed E-state index contributed by atoms with van der Waals surface area (Å²) < 4.78 is 27.6. The van der Waals surface area contributed by atoms with Gasteiger partial charge in [-0.3, -0.25) is 0 Å². The molecule has 5 nitrogen and oxygen atoms in total. The number of hydrogen-bond donors (Lipinski definition) is 2. The zero-order valence-electron chi connectivity index (χ0n) is 15.4. The zero-order valence-corrected chi connectivity index (χ0v) is 16.2. The van der Waals surface area contributed by atoms with Gasteiger partial charge in [0.1, 0.15) is 5.82 Å². The van der Waals surface area contributed by atoms with Crippen LogP contribution in [0.2, 0.25) is 0 Å². The minimum Gasteiger partial charge on any atom is -0.341 e. The van der Waals surface area contributed by atoms with Gasteiger partial charge in [0.15, 0.2) is 0 Å². The normalized spacial score (nSPS) is 13.1. The molecule has 0 radical (unpaired) electrons. The summed E-state index contributed by atoms with van der Waals surface area (Å²) in [6.45, 7) is 3.91. The molecule has 1 aromatic heterocycles. The highest BCUT2D eigenvalue weighted by Crippen LogP contribution is 2.21. The van der Waals surface area contributed by atoms with Gasteiger partial charge in [-0.25, -0.2) is 18.1 Å². The second-order valence-corrected chi connectivity index (χ2v) is 7.98. The van der Waals surface area contributed by atoms with E-state index < -0.39 is 16.1 Å². The number of H-pyrrole nitrogens is 1. The van der Waals surface area contributed by atoms with Crippen LogP contribution < -0.4 is 4.72 Å². The topological polar surface area (TPSA) is 74.8 Å². The molecule has 2 N–H and O–H groups in total. The SMILES string of the molecule is CCC(NS(=O)(=O)/C=C/c1ccc(C)cc1)c1ncc(-c2ccccc2)[nH]1. The number of aromatic nitrogens is 2. The van der Waals surface area contributed by atoms with Crippen LogP contribution in [0.4, 0.5) is 0 Å². The van der Waals surface area contributed by atoms with Crippen LogP contribution in [-0.2, 0) is 10.0 Å². The van der Waals surface area contributed by atoms with E-state index in [0.717, 1.165) is 22.4 Å². The third-order valence-corrected chi connectivity index (χ3v) is 5.35. The molecule has 1 unspecified atom stereocenters. The summed E-state index contributed by atoms with van der Waals surface area (Å²) in [7, 11) is -3.60. The first-order valence-electron chi connectivity index (χ1n) is 8.84. The predicted octanol–water partition coefficient (Wildman–Crippen LogP) is 4.43. The van der Waals surface area contributed by atoms with Gasteiger partial charge in [-0.15, -0.1) is 0 Å². The van der Waals surface area contributed by atoms with E-state index in [0.29, 0.717) is 12.2 Å². The molecule has 0 aliphatic heterocycles. The molecule has 6 heteroatoms. The van der Waals surface area contributed by atoms with Crippen molar-refractivity contribution in [2.24, 2.45) is 0 Å². The predicted molar refractivity (Wildman–Crippen MR) is 109 cm³/mol. The number of aryl methyl sites for hydroxylation is 1. The molecule has 0 amide bonds. The van der Waals surface area contributed by atoms with Crippen LogP contribution in [0.1, 0.15) is 36.3 Å². The van der Waals surface area contributed by atoms with Crippen molar-refractivity contribution in [3.8, 4) is 11.3 Å². The maximum Gasteiger partial charge on any atom is 0.234 e. The molecule has 0 aliphatic carbocycles. The molecule has 0 saturated carbocycles. The van der Waals surface area contributed by atoms with Gasteiger partial charge in [-0.2, -0.15) is 0 Å². The Morgan fingerprint density at radius 1 is 1.11 bits per heavy atom. The third-order valence-electron chi connectivity index (χ3n) is 4.24. The highest BCUT2D eigenvalue weighted by atomic mass is 32.2. The van der Waals surface area contributed by atoms with Crippen LogP contribution >= 0.6 is 0 Å². The zero-order chi connectivity index (χ0) is 19.3. The Morgan fingerprint density at radius 3 is 2.48 bits per heavy atom. The number of hydrogen-bond acceptors (Lipinski definition) is 3. The quantitative estimate of drug-likeness (QED) is 0.636. The lowest BCUT2D eigenvalue weighted by atomic mass is 10.2. The Hall–Kier alpha value is -2.70. The van der Waals surface area contributed by atoms with Crippen molar-refractivity contribution in [1.29, 1.82) is 0 Å². The smallest absolute Gasteiger partial charge is 0.234 e. The summed E-state index contributed by atoms with van der Waals surface area (Å²) in [6.07, 6.45) is 3.90. The van der Waals surface area contributed by atoms with Gasteiger partial charge in [-0.1, -0.05) is 67.1 Å². The Balaban J connectivity index is 1.74. The minimum atomic E-state index is -3.60. The molecular formula is C21H23N3O2S. The van der Waals surface area contributed by atoms with Gasteiger partial charge >= 0.3 is 0 Å². The van der Waals surface area contributed by atoms with Gasteiger partial charge < -0.3 is 4.98 Å². The van der Waals surface area contributed by atoms with Crippen molar-refractivity contribution >= 4 is 16.1 Å². The number of nitrogens with one attached hydrogen (secondary N) is 2. The number of sulfonamides is 1. The molecule has 140 valence electrons. The summed E-state index contributed by atoms with van der Waals surface area (Å²) in [6, 6.07) is 17.1. The summed E-state index contributed by atoms with van der Waals surface area (Å²) in [4.78, 5) is 7.59. The molecule has 0 fully saturated rings. The van der Waals surface area contributed by atoms with Gasteiger partial charge in [0, 0.05) is 5.41 Å². The summed E-state index contributed by atoms with van der Waals surface area (Å²) in [5.74, 6) is 0.601. The molecule has 27 heavy (non-hydrogen) atoms. The fourth-order valence-electron chi connectivity index (χ4n) is 2.69. The van der Waals surface area contributed by atoms with Crippen LogP contribution in [0.5, 0.6) is 0 Å². The molecule has 0 spiro atoms. The lowest BCUT2D eigenvalue weighted by Crippen LogP contribution is -2.27. The van der Waals surface area contributed by atoms with E-state index >= 15 is 0 Å². The van der Waals surface area contributed by atoms with E-state index in [4.69, 9.17) is 0 Å². The third kappa shape index (κ3) is 5.15. The van der Waals surface area contributed by atoms with Crippen molar-refractivity contribution in [2.45, 2.75) is 26.3 Å². The van der Waals surface area contributed by atoms with Crippen molar-refractivity contribution in [2.75, 3.05) is 0 Å². The van der Waals surface area contributed by atoms with Crippen LogP contribution in [0.3, 0.4) is 0 Å². The van der Waals surface area contributed by atoms with Gasteiger partial charge in [-0.05, 0) is 30.5 Å². The maximum atomic E-state index is 12.5. The minimum absolute atomic E-state index is 0.421. The van der Waals surface area contributed by atoms with E-state index in [2.05, 4.69) is 14.7 Å². The molecular weight excluding hydrogens is 358 g/mol. The van der Waals surface area contributed by atoms with Gasteiger partial charge in [0.05, 0.1) is 17.9 Å².